The van der Waals surface area contributed by atoms with Crippen LogP contribution < -0.4 is 15.3 Å². The summed E-state index contributed by atoms with van der Waals surface area (Å²) < 4.78 is 51.5. The number of benzene rings is 3. The Morgan fingerprint density at radius 1 is 1.03 bits per heavy atom. The summed E-state index contributed by atoms with van der Waals surface area (Å²) >= 11 is 6.26. The van der Waals surface area contributed by atoms with Gasteiger partial charge in [0.2, 0.25) is 0 Å². The molecule has 1 aromatic heterocycles. The molecule has 5 rings (SSSR count). The quantitative estimate of drug-likeness (QED) is 0.284. The molecule has 0 radical (unpaired) electrons. The van der Waals surface area contributed by atoms with Gasteiger partial charge in [-0.1, -0.05) is 41.9 Å². The predicted octanol–water partition coefficient (Wildman–Crippen LogP) is 7.03. The van der Waals surface area contributed by atoms with Crippen LogP contribution in [0.4, 0.5) is 18.9 Å². The van der Waals surface area contributed by atoms with Crippen LogP contribution in [0.3, 0.4) is 0 Å². The molecule has 0 N–H and O–H groups in total. The van der Waals surface area contributed by atoms with E-state index in [9.17, 15) is 18.0 Å². The Kier molecular flexibility index (Phi) is 5.75. The third kappa shape index (κ3) is 4.25. The fraction of sp³-hybridized carbons (Fsp3) is 0.222. The summed E-state index contributed by atoms with van der Waals surface area (Å²) in [5.74, 6) is 0.565. The van der Waals surface area contributed by atoms with Crippen LogP contribution in [0.15, 0.2) is 63.8 Å². The number of hydrogen-bond donors (Lipinski definition) is 0. The van der Waals surface area contributed by atoms with Gasteiger partial charge in [-0.25, -0.2) is 4.79 Å². The van der Waals surface area contributed by atoms with Gasteiger partial charge in [0.1, 0.15) is 11.3 Å². The van der Waals surface area contributed by atoms with Crippen molar-refractivity contribution in [3.05, 3.63) is 103 Å². The van der Waals surface area contributed by atoms with Crippen LogP contribution >= 0.6 is 11.6 Å². The summed E-state index contributed by atoms with van der Waals surface area (Å²) in [7, 11) is 0. The third-order valence-corrected chi connectivity index (χ3v) is 6.72. The fourth-order valence-electron chi connectivity index (χ4n) is 4.53. The Labute approximate surface area is 204 Å². The Balaban J connectivity index is 1.58. The van der Waals surface area contributed by atoms with Crippen LogP contribution in [0.2, 0.25) is 5.02 Å². The van der Waals surface area contributed by atoms with Crippen LogP contribution in [-0.2, 0) is 19.1 Å². The van der Waals surface area contributed by atoms with Gasteiger partial charge in [0.25, 0.3) is 0 Å². The molecule has 2 heterocycles. The lowest BCUT2D eigenvalue weighted by molar-refractivity contribution is -0.137. The Hall–Kier alpha value is -3.45. The van der Waals surface area contributed by atoms with Crippen molar-refractivity contribution in [1.82, 2.24) is 0 Å². The van der Waals surface area contributed by atoms with Crippen molar-refractivity contribution in [1.29, 1.82) is 0 Å². The summed E-state index contributed by atoms with van der Waals surface area (Å²) in [5.41, 5.74) is 3.34. The van der Waals surface area contributed by atoms with Crippen molar-refractivity contribution in [2.24, 2.45) is 0 Å². The fourth-order valence-corrected chi connectivity index (χ4v) is 4.77. The highest BCUT2D eigenvalue weighted by atomic mass is 35.5. The van der Waals surface area contributed by atoms with E-state index in [1.54, 1.807) is 4.90 Å². The first-order chi connectivity index (χ1) is 16.6. The molecule has 4 nitrogen and oxygen atoms in total. The zero-order chi connectivity index (χ0) is 24.9. The Morgan fingerprint density at radius 2 is 1.77 bits per heavy atom. The summed E-state index contributed by atoms with van der Waals surface area (Å²) in [5, 5.41) is 0.974. The van der Waals surface area contributed by atoms with E-state index in [0.29, 0.717) is 35.4 Å². The minimum absolute atomic E-state index is 0.00961. The van der Waals surface area contributed by atoms with Crippen molar-refractivity contribution >= 4 is 28.3 Å². The first kappa shape index (κ1) is 23.3. The average molecular weight is 500 g/mol. The molecule has 0 bridgehead atoms. The number of hydrogen-bond acceptors (Lipinski definition) is 4. The van der Waals surface area contributed by atoms with Gasteiger partial charge in [-0.15, -0.1) is 0 Å². The van der Waals surface area contributed by atoms with E-state index in [4.69, 9.17) is 20.8 Å². The van der Waals surface area contributed by atoms with E-state index in [2.05, 4.69) is 0 Å². The summed E-state index contributed by atoms with van der Waals surface area (Å²) in [4.78, 5) is 14.5. The largest absolute Gasteiger partial charge is 0.472 e. The SMILES string of the molecule is Cc1c(Cc2ccccc2)c(=O)oc2c(C)c3c(cc12)CN(c1cc(C(F)(F)F)ccc1Cl)CO3. The van der Waals surface area contributed by atoms with E-state index in [1.807, 2.05) is 50.2 Å². The van der Waals surface area contributed by atoms with Crippen LogP contribution in [-0.4, -0.2) is 6.73 Å². The van der Waals surface area contributed by atoms with Crippen molar-refractivity contribution in [3.63, 3.8) is 0 Å². The lowest BCUT2D eigenvalue weighted by atomic mass is 9.96. The van der Waals surface area contributed by atoms with E-state index in [-0.39, 0.29) is 17.4 Å². The normalized spacial score (nSPS) is 13.6. The zero-order valence-corrected chi connectivity index (χ0v) is 19.8. The summed E-state index contributed by atoms with van der Waals surface area (Å²) in [6.45, 7) is 4.00. The lowest BCUT2D eigenvalue weighted by Gasteiger charge is -2.33. The van der Waals surface area contributed by atoms with Gasteiger partial charge in [-0.05, 0) is 49.2 Å². The number of anilines is 1. The van der Waals surface area contributed by atoms with Crippen LogP contribution in [0.25, 0.3) is 11.0 Å². The molecule has 0 spiro atoms. The molecular formula is C27H21ClF3NO3. The van der Waals surface area contributed by atoms with Crippen molar-refractivity contribution in [2.75, 3.05) is 11.6 Å². The number of nitrogens with zero attached hydrogens (tertiary/aromatic N) is 1. The molecule has 0 unspecified atom stereocenters. The van der Waals surface area contributed by atoms with E-state index >= 15 is 0 Å². The van der Waals surface area contributed by atoms with Gasteiger partial charge in [0.15, 0.2) is 6.73 Å². The first-order valence-electron chi connectivity index (χ1n) is 11.0. The minimum atomic E-state index is -4.48. The molecule has 4 aromatic rings. The van der Waals surface area contributed by atoms with E-state index in [1.165, 1.54) is 6.07 Å². The number of alkyl halides is 3. The highest BCUT2D eigenvalue weighted by molar-refractivity contribution is 6.33. The maximum atomic E-state index is 13.3. The molecule has 0 saturated heterocycles. The molecule has 35 heavy (non-hydrogen) atoms. The molecule has 8 heteroatoms. The average Bonchev–Trinajstić information content (AvgIpc) is 2.83. The number of aryl methyl sites for hydroxylation is 2. The standard InChI is InChI=1S/C27H21ClF3NO3/c1-15-20-11-18-13-32(23-12-19(27(29,30)31)8-9-22(23)28)14-34-24(18)16(2)25(20)35-26(33)21(15)10-17-6-4-3-5-7-17/h3-9,11-12H,10,13-14H2,1-2H3. The van der Waals surface area contributed by atoms with Crippen LogP contribution in [0, 0.1) is 13.8 Å². The van der Waals surface area contributed by atoms with Crippen LogP contribution in [0.5, 0.6) is 5.75 Å². The Bertz CT molecular complexity index is 1500. The topological polar surface area (TPSA) is 42.7 Å². The minimum Gasteiger partial charge on any atom is -0.472 e. The summed E-state index contributed by atoms with van der Waals surface area (Å²) in [6, 6.07) is 14.8. The van der Waals surface area contributed by atoms with Gasteiger partial charge in [0, 0.05) is 35.0 Å². The first-order valence-corrected chi connectivity index (χ1v) is 11.4. The molecule has 180 valence electrons. The molecule has 1 aliphatic rings. The monoisotopic (exact) mass is 499 g/mol. The second kappa shape index (κ2) is 8.64. The van der Waals surface area contributed by atoms with E-state index in [0.717, 1.165) is 34.2 Å². The maximum Gasteiger partial charge on any atom is 0.416 e. The number of halogens is 4. The van der Waals surface area contributed by atoms with Gasteiger partial charge in [-0.3, -0.25) is 0 Å². The smallest absolute Gasteiger partial charge is 0.416 e. The highest BCUT2D eigenvalue weighted by Crippen LogP contribution is 2.40. The number of ether oxygens (including phenoxy) is 1. The highest BCUT2D eigenvalue weighted by Gasteiger charge is 2.32. The molecule has 1 aliphatic heterocycles. The molecule has 0 fully saturated rings. The predicted molar refractivity (Wildman–Crippen MR) is 129 cm³/mol. The van der Waals surface area contributed by atoms with Gasteiger partial charge in [0.05, 0.1) is 16.3 Å². The second-order valence-electron chi connectivity index (χ2n) is 8.66. The van der Waals surface area contributed by atoms with Crippen molar-refractivity contribution in [2.45, 2.75) is 33.0 Å². The number of rotatable bonds is 3. The molecule has 0 atom stereocenters. The molecular weight excluding hydrogens is 479 g/mol. The maximum absolute atomic E-state index is 13.3. The molecule has 0 aliphatic carbocycles. The molecule has 0 amide bonds. The van der Waals surface area contributed by atoms with Crippen molar-refractivity contribution < 1.29 is 22.3 Å². The van der Waals surface area contributed by atoms with Crippen molar-refractivity contribution in [3.8, 4) is 5.75 Å². The lowest BCUT2D eigenvalue weighted by Crippen LogP contribution is -2.32. The van der Waals surface area contributed by atoms with E-state index < -0.39 is 17.4 Å². The summed E-state index contributed by atoms with van der Waals surface area (Å²) in [6.07, 6.45) is -4.05. The second-order valence-corrected chi connectivity index (χ2v) is 9.06. The van der Waals surface area contributed by atoms with Gasteiger partial charge in [-0.2, -0.15) is 13.2 Å². The van der Waals surface area contributed by atoms with Crippen LogP contribution in [0.1, 0.15) is 33.4 Å². The van der Waals surface area contributed by atoms with Gasteiger partial charge < -0.3 is 14.1 Å². The zero-order valence-electron chi connectivity index (χ0n) is 19.0. The molecule has 0 saturated carbocycles. The third-order valence-electron chi connectivity index (χ3n) is 6.40. The Morgan fingerprint density at radius 3 is 2.49 bits per heavy atom. The van der Waals surface area contributed by atoms with Gasteiger partial charge >= 0.3 is 11.8 Å². The number of fused-ring (bicyclic) bond motifs is 2. The molecule has 3 aromatic carbocycles.